The van der Waals surface area contributed by atoms with E-state index in [9.17, 15) is 0 Å². The van der Waals surface area contributed by atoms with Crippen molar-refractivity contribution in [2.75, 3.05) is 46.6 Å². The monoisotopic (exact) mass is 188 g/mol. The Morgan fingerprint density at radius 1 is 1.54 bits per heavy atom. The molecule has 0 radical (unpaired) electrons. The fourth-order valence-corrected chi connectivity index (χ4v) is 1.66. The number of rotatable bonds is 6. The molecule has 1 heterocycles. The van der Waals surface area contributed by atoms with Crippen molar-refractivity contribution < 1.29 is 9.47 Å². The van der Waals surface area contributed by atoms with Gasteiger partial charge in [-0.1, -0.05) is 0 Å². The van der Waals surface area contributed by atoms with Gasteiger partial charge in [0.25, 0.3) is 0 Å². The third-order valence-corrected chi connectivity index (χ3v) is 2.42. The minimum atomic E-state index is 0.554. The Labute approximate surface area is 80.0 Å². The number of nitrogens with zero attached hydrogens (tertiary/aromatic N) is 1. The highest BCUT2D eigenvalue weighted by molar-refractivity contribution is 4.75. The van der Waals surface area contributed by atoms with E-state index in [0.29, 0.717) is 12.6 Å². The molecule has 2 N–H and O–H groups in total. The summed E-state index contributed by atoms with van der Waals surface area (Å²) in [5.41, 5.74) is 5.55. The van der Waals surface area contributed by atoms with Crippen LogP contribution in [0.15, 0.2) is 0 Å². The van der Waals surface area contributed by atoms with Crippen LogP contribution < -0.4 is 5.73 Å². The van der Waals surface area contributed by atoms with Gasteiger partial charge in [0.05, 0.1) is 13.2 Å². The molecule has 4 heteroatoms. The van der Waals surface area contributed by atoms with E-state index in [4.69, 9.17) is 15.2 Å². The maximum absolute atomic E-state index is 5.55. The SMILES string of the molecule is COCCN(CCN)C1CCOC1. The number of methoxy groups -OCH3 is 1. The van der Waals surface area contributed by atoms with Gasteiger partial charge in [0, 0.05) is 39.4 Å². The molecule has 0 aromatic rings. The lowest BCUT2D eigenvalue weighted by Crippen LogP contribution is -2.41. The van der Waals surface area contributed by atoms with Gasteiger partial charge in [-0.2, -0.15) is 0 Å². The van der Waals surface area contributed by atoms with E-state index >= 15 is 0 Å². The maximum atomic E-state index is 5.55. The Kier molecular flexibility index (Phi) is 5.31. The van der Waals surface area contributed by atoms with E-state index in [1.54, 1.807) is 7.11 Å². The predicted octanol–water partition coefficient (Wildman–Crippen LogP) is -0.318. The molecule has 0 saturated carbocycles. The van der Waals surface area contributed by atoms with Crippen molar-refractivity contribution >= 4 is 0 Å². The van der Waals surface area contributed by atoms with E-state index in [1.807, 2.05) is 0 Å². The van der Waals surface area contributed by atoms with Gasteiger partial charge in [-0.15, -0.1) is 0 Å². The number of nitrogens with two attached hydrogens (primary N) is 1. The molecule has 1 aliphatic heterocycles. The minimum Gasteiger partial charge on any atom is -0.383 e. The molecule has 0 spiro atoms. The minimum absolute atomic E-state index is 0.554. The summed E-state index contributed by atoms with van der Waals surface area (Å²) >= 11 is 0. The average molecular weight is 188 g/mol. The van der Waals surface area contributed by atoms with Crippen LogP contribution in [0.2, 0.25) is 0 Å². The van der Waals surface area contributed by atoms with Crippen LogP contribution in [0.4, 0.5) is 0 Å². The topological polar surface area (TPSA) is 47.7 Å². The molecule has 1 aliphatic rings. The lowest BCUT2D eigenvalue weighted by molar-refractivity contribution is 0.107. The normalized spacial score (nSPS) is 22.8. The van der Waals surface area contributed by atoms with Crippen LogP contribution in [0.5, 0.6) is 0 Å². The summed E-state index contributed by atoms with van der Waals surface area (Å²) < 4.78 is 10.4. The van der Waals surface area contributed by atoms with Crippen LogP contribution in [-0.2, 0) is 9.47 Å². The molecule has 13 heavy (non-hydrogen) atoms. The van der Waals surface area contributed by atoms with Crippen LogP contribution >= 0.6 is 0 Å². The van der Waals surface area contributed by atoms with Crippen molar-refractivity contribution in [3.8, 4) is 0 Å². The average Bonchev–Trinajstić information content (AvgIpc) is 2.65. The van der Waals surface area contributed by atoms with Gasteiger partial charge >= 0.3 is 0 Å². The van der Waals surface area contributed by atoms with Gasteiger partial charge < -0.3 is 15.2 Å². The van der Waals surface area contributed by atoms with Crippen molar-refractivity contribution in [2.24, 2.45) is 5.73 Å². The first-order valence-corrected chi connectivity index (χ1v) is 4.89. The second-order valence-electron chi connectivity index (χ2n) is 3.33. The molecule has 0 aromatic carbocycles. The highest BCUT2D eigenvalue weighted by atomic mass is 16.5. The maximum Gasteiger partial charge on any atom is 0.0622 e. The first kappa shape index (κ1) is 10.9. The molecule has 0 amide bonds. The first-order chi connectivity index (χ1) is 6.38. The molecule has 1 fully saturated rings. The van der Waals surface area contributed by atoms with Crippen molar-refractivity contribution in [2.45, 2.75) is 12.5 Å². The van der Waals surface area contributed by atoms with Crippen molar-refractivity contribution in [1.82, 2.24) is 4.90 Å². The molecular weight excluding hydrogens is 168 g/mol. The molecule has 4 nitrogen and oxygen atoms in total. The van der Waals surface area contributed by atoms with Gasteiger partial charge in [-0.25, -0.2) is 0 Å². The lowest BCUT2D eigenvalue weighted by Gasteiger charge is -2.26. The Balaban J connectivity index is 2.26. The molecule has 0 aromatic heterocycles. The number of hydrogen-bond donors (Lipinski definition) is 1. The Morgan fingerprint density at radius 3 is 2.92 bits per heavy atom. The largest absolute Gasteiger partial charge is 0.383 e. The molecule has 1 unspecified atom stereocenters. The summed E-state index contributed by atoms with van der Waals surface area (Å²) in [6.07, 6.45) is 1.13. The van der Waals surface area contributed by atoms with Crippen molar-refractivity contribution in [1.29, 1.82) is 0 Å². The fourth-order valence-electron chi connectivity index (χ4n) is 1.66. The van der Waals surface area contributed by atoms with Gasteiger partial charge in [0.15, 0.2) is 0 Å². The third-order valence-electron chi connectivity index (χ3n) is 2.42. The van der Waals surface area contributed by atoms with E-state index in [-0.39, 0.29) is 0 Å². The molecule has 1 saturated heterocycles. The summed E-state index contributed by atoms with van der Waals surface area (Å²) in [5.74, 6) is 0. The zero-order chi connectivity index (χ0) is 9.52. The van der Waals surface area contributed by atoms with E-state index in [2.05, 4.69) is 4.90 Å². The lowest BCUT2D eigenvalue weighted by atomic mass is 10.2. The zero-order valence-corrected chi connectivity index (χ0v) is 8.37. The van der Waals surface area contributed by atoms with Crippen LogP contribution in [0, 0.1) is 0 Å². The van der Waals surface area contributed by atoms with Crippen molar-refractivity contribution in [3.63, 3.8) is 0 Å². The van der Waals surface area contributed by atoms with E-state index < -0.39 is 0 Å². The van der Waals surface area contributed by atoms with Gasteiger partial charge in [0.1, 0.15) is 0 Å². The molecule has 0 bridgehead atoms. The Morgan fingerprint density at radius 2 is 2.38 bits per heavy atom. The van der Waals surface area contributed by atoms with E-state index in [0.717, 1.165) is 39.3 Å². The Bertz CT molecular complexity index is 127. The third kappa shape index (κ3) is 3.60. The number of hydrogen-bond acceptors (Lipinski definition) is 4. The fraction of sp³-hybridized carbons (Fsp3) is 1.00. The summed E-state index contributed by atoms with van der Waals surface area (Å²) in [6.45, 7) is 5.12. The van der Waals surface area contributed by atoms with Gasteiger partial charge in [0.2, 0.25) is 0 Å². The van der Waals surface area contributed by atoms with Crippen LogP contribution in [0.3, 0.4) is 0 Å². The smallest absolute Gasteiger partial charge is 0.0622 e. The van der Waals surface area contributed by atoms with E-state index in [1.165, 1.54) is 0 Å². The summed E-state index contributed by atoms with van der Waals surface area (Å²) in [7, 11) is 1.73. The second-order valence-corrected chi connectivity index (χ2v) is 3.33. The van der Waals surface area contributed by atoms with Gasteiger partial charge in [-0.3, -0.25) is 4.90 Å². The molecule has 1 rings (SSSR count). The zero-order valence-electron chi connectivity index (χ0n) is 8.37. The van der Waals surface area contributed by atoms with Gasteiger partial charge in [-0.05, 0) is 6.42 Å². The molecule has 78 valence electrons. The standard InChI is InChI=1S/C9H20N2O2/c1-12-7-5-11(4-3-10)9-2-6-13-8-9/h9H,2-8,10H2,1H3. The van der Waals surface area contributed by atoms with Crippen LogP contribution in [0.25, 0.3) is 0 Å². The molecular formula is C9H20N2O2. The predicted molar refractivity (Wildman–Crippen MR) is 51.7 cm³/mol. The number of ether oxygens (including phenoxy) is 2. The van der Waals surface area contributed by atoms with Crippen LogP contribution in [0.1, 0.15) is 6.42 Å². The second kappa shape index (κ2) is 6.32. The summed E-state index contributed by atoms with van der Waals surface area (Å²) in [4.78, 5) is 2.36. The summed E-state index contributed by atoms with van der Waals surface area (Å²) in [6, 6.07) is 0.554. The highest BCUT2D eigenvalue weighted by Crippen LogP contribution is 2.11. The Hall–Kier alpha value is -0.160. The first-order valence-electron chi connectivity index (χ1n) is 4.89. The van der Waals surface area contributed by atoms with Crippen molar-refractivity contribution in [3.05, 3.63) is 0 Å². The van der Waals surface area contributed by atoms with Crippen LogP contribution in [-0.4, -0.2) is 57.5 Å². The highest BCUT2D eigenvalue weighted by Gasteiger charge is 2.21. The molecule has 0 aliphatic carbocycles. The quantitative estimate of drug-likeness (QED) is 0.621. The summed E-state index contributed by atoms with van der Waals surface area (Å²) in [5, 5.41) is 0. The molecule has 1 atom stereocenters.